The Morgan fingerprint density at radius 3 is 2.95 bits per heavy atom. The summed E-state index contributed by atoms with van der Waals surface area (Å²) in [6, 6.07) is 6.40. The van der Waals surface area contributed by atoms with Gasteiger partial charge in [0.05, 0.1) is 5.69 Å². The van der Waals surface area contributed by atoms with E-state index in [1.165, 1.54) is 18.4 Å². The normalized spacial score (nSPS) is 19.3. The molecular weight excluding hydrogens is 276 g/mol. The maximum atomic E-state index is 5.17. The summed E-state index contributed by atoms with van der Waals surface area (Å²) in [6.45, 7) is 5.02. The summed E-state index contributed by atoms with van der Waals surface area (Å²) in [5.74, 6) is 2.48. The lowest BCUT2D eigenvalue weighted by Gasteiger charge is -2.32. The van der Waals surface area contributed by atoms with E-state index in [1.54, 1.807) is 0 Å². The summed E-state index contributed by atoms with van der Waals surface area (Å²) < 4.78 is 5.17. The van der Waals surface area contributed by atoms with Crippen LogP contribution >= 0.6 is 0 Å². The van der Waals surface area contributed by atoms with Gasteiger partial charge in [-0.3, -0.25) is 4.90 Å². The molecule has 0 radical (unpaired) electrons. The highest BCUT2D eigenvalue weighted by Crippen LogP contribution is 2.29. The van der Waals surface area contributed by atoms with Gasteiger partial charge in [-0.2, -0.15) is 0 Å². The molecule has 1 saturated heterocycles. The van der Waals surface area contributed by atoms with E-state index in [-0.39, 0.29) is 0 Å². The monoisotopic (exact) mass is 300 g/mol. The molecule has 1 fully saturated rings. The average Bonchev–Trinajstić information content (AvgIpc) is 2.93. The number of aromatic nitrogens is 2. The minimum Gasteiger partial charge on any atom is -0.363 e. The number of anilines is 1. The Morgan fingerprint density at radius 1 is 1.36 bits per heavy atom. The van der Waals surface area contributed by atoms with Crippen LogP contribution in [0, 0.1) is 6.92 Å². The molecule has 2 aromatic rings. The van der Waals surface area contributed by atoms with E-state index in [0.717, 1.165) is 36.9 Å². The van der Waals surface area contributed by atoms with E-state index in [9.17, 15) is 0 Å². The van der Waals surface area contributed by atoms with Crippen LogP contribution in [0.4, 0.5) is 5.82 Å². The Hall–Kier alpha value is -1.88. The number of nitrogens with zero attached hydrogens (tertiary/aromatic N) is 4. The SMILES string of the molecule is Cc1cc(CN2CCC[C@H](c3ccnc(N(C)C)c3)C2)no1. The van der Waals surface area contributed by atoms with Gasteiger partial charge in [0.25, 0.3) is 0 Å². The second kappa shape index (κ2) is 6.48. The van der Waals surface area contributed by atoms with Crippen molar-refractivity contribution in [3.8, 4) is 0 Å². The predicted octanol–water partition coefficient (Wildman–Crippen LogP) is 2.82. The molecule has 22 heavy (non-hydrogen) atoms. The van der Waals surface area contributed by atoms with Crippen LogP contribution in [0.3, 0.4) is 0 Å². The summed E-state index contributed by atoms with van der Waals surface area (Å²) in [6.07, 6.45) is 4.39. The third kappa shape index (κ3) is 3.47. The molecule has 3 rings (SSSR count). The van der Waals surface area contributed by atoms with Crippen LogP contribution in [0.1, 0.15) is 35.8 Å². The van der Waals surface area contributed by atoms with Gasteiger partial charge in [-0.25, -0.2) is 4.98 Å². The second-order valence-corrected chi connectivity index (χ2v) is 6.34. The van der Waals surface area contributed by atoms with Gasteiger partial charge in [-0.1, -0.05) is 5.16 Å². The second-order valence-electron chi connectivity index (χ2n) is 6.34. The number of rotatable bonds is 4. The summed E-state index contributed by atoms with van der Waals surface area (Å²) in [4.78, 5) is 8.94. The van der Waals surface area contributed by atoms with Crippen molar-refractivity contribution < 1.29 is 4.52 Å². The summed E-state index contributed by atoms with van der Waals surface area (Å²) in [7, 11) is 4.07. The molecular formula is C17H24N4O. The van der Waals surface area contributed by atoms with E-state index >= 15 is 0 Å². The highest BCUT2D eigenvalue weighted by Gasteiger charge is 2.22. The number of likely N-dealkylation sites (tertiary alicyclic amines) is 1. The number of hydrogen-bond acceptors (Lipinski definition) is 5. The molecule has 0 saturated carbocycles. The zero-order valence-electron chi connectivity index (χ0n) is 13.6. The molecule has 3 heterocycles. The van der Waals surface area contributed by atoms with Crippen LogP contribution in [-0.2, 0) is 6.54 Å². The fraction of sp³-hybridized carbons (Fsp3) is 0.529. The van der Waals surface area contributed by atoms with Gasteiger partial charge in [0.1, 0.15) is 11.6 Å². The molecule has 0 bridgehead atoms. The lowest BCUT2D eigenvalue weighted by atomic mass is 9.91. The van der Waals surface area contributed by atoms with Crippen LogP contribution in [0.5, 0.6) is 0 Å². The molecule has 0 aromatic carbocycles. The van der Waals surface area contributed by atoms with Crippen molar-refractivity contribution in [3.63, 3.8) is 0 Å². The predicted molar refractivity (Wildman–Crippen MR) is 87.1 cm³/mol. The Morgan fingerprint density at radius 2 is 2.23 bits per heavy atom. The Kier molecular flexibility index (Phi) is 4.43. The van der Waals surface area contributed by atoms with Gasteiger partial charge < -0.3 is 9.42 Å². The molecule has 1 atom stereocenters. The number of hydrogen-bond donors (Lipinski definition) is 0. The highest BCUT2D eigenvalue weighted by atomic mass is 16.5. The molecule has 5 heteroatoms. The standard InChI is InChI=1S/C17H24N4O/c1-13-9-16(19-22-13)12-21-8-4-5-15(11-21)14-6-7-18-17(10-14)20(2)3/h6-7,9-10,15H,4-5,8,11-12H2,1-3H3/t15-/m0/s1. The number of piperidine rings is 1. The Bertz CT molecular complexity index is 623. The average molecular weight is 300 g/mol. The van der Waals surface area contributed by atoms with Crippen LogP contribution in [-0.4, -0.2) is 42.2 Å². The lowest BCUT2D eigenvalue weighted by molar-refractivity contribution is 0.195. The first-order valence-electron chi connectivity index (χ1n) is 7.89. The van der Waals surface area contributed by atoms with Gasteiger partial charge in [-0.15, -0.1) is 0 Å². The van der Waals surface area contributed by atoms with E-state index in [0.29, 0.717) is 5.92 Å². The van der Waals surface area contributed by atoms with Gasteiger partial charge in [0, 0.05) is 39.4 Å². The minimum atomic E-state index is 0.573. The first-order valence-corrected chi connectivity index (χ1v) is 7.89. The van der Waals surface area contributed by atoms with Crippen LogP contribution < -0.4 is 4.90 Å². The van der Waals surface area contributed by atoms with Crippen LogP contribution in [0.15, 0.2) is 28.9 Å². The zero-order valence-corrected chi connectivity index (χ0v) is 13.6. The molecule has 0 amide bonds. The van der Waals surface area contributed by atoms with Gasteiger partial charge in [0.2, 0.25) is 0 Å². The summed E-state index contributed by atoms with van der Waals surface area (Å²) in [5.41, 5.74) is 2.42. The highest BCUT2D eigenvalue weighted by molar-refractivity contribution is 5.40. The maximum absolute atomic E-state index is 5.17. The largest absolute Gasteiger partial charge is 0.363 e. The van der Waals surface area contributed by atoms with Gasteiger partial charge >= 0.3 is 0 Å². The van der Waals surface area contributed by atoms with E-state index in [4.69, 9.17) is 4.52 Å². The lowest BCUT2D eigenvalue weighted by Crippen LogP contribution is -2.34. The first-order chi connectivity index (χ1) is 10.6. The van der Waals surface area contributed by atoms with Gasteiger partial charge in [-0.05, 0) is 49.9 Å². The topological polar surface area (TPSA) is 45.4 Å². The van der Waals surface area contributed by atoms with Crippen molar-refractivity contribution >= 4 is 5.82 Å². The van der Waals surface area contributed by atoms with Crippen molar-refractivity contribution in [3.05, 3.63) is 41.4 Å². The summed E-state index contributed by atoms with van der Waals surface area (Å²) in [5, 5.41) is 4.11. The van der Waals surface area contributed by atoms with Crippen molar-refractivity contribution in [1.29, 1.82) is 0 Å². The zero-order chi connectivity index (χ0) is 15.5. The number of aryl methyl sites for hydroxylation is 1. The molecule has 0 aliphatic carbocycles. The van der Waals surface area contributed by atoms with E-state index in [2.05, 4.69) is 32.1 Å². The Balaban J connectivity index is 1.68. The first kappa shape index (κ1) is 15.0. The molecule has 1 aliphatic rings. The quantitative estimate of drug-likeness (QED) is 0.869. The van der Waals surface area contributed by atoms with Gasteiger partial charge in [0.15, 0.2) is 0 Å². The fourth-order valence-corrected chi connectivity index (χ4v) is 3.13. The van der Waals surface area contributed by atoms with Crippen LogP contribution in [0.2, 0.25) is 0 Å². The molecule has 1 aliphatic heterocycles. The maximum Gasteiger partial charge on any atom is 0.133 e. The minimum absolute atomic E-state index is 0.573. The molecule has 0 spiro atoms. The fourth-order valence-electron chi connectivity index (χ4n) is 3.13. The van der Waals surface area contributed by atoms with Crippen molar-refractivity contribution in [2.24, 2.45) is 0 Å². The smallest absolute Gasteiger partial charge is 0.133 e. The molecule has 5 nitrogen and oxygen atoms in total. The number of pyridine rings is 1. The molecule has 2 aromatic heterocycles. The summed E-state index contributed by atoms with van der Waals surface area (Å²) >= 11 is 0. The van der Waals surface area contributed by atoms with E-state index in [1.807, 2.05) is 33.3 Å². The Labute approximate surface area is 131 Å². The van der Waals surface area contributed by atoms with Crippen molar-refractivity contribution in [1.82, 2.24) is 15.0 Å². The molecule has 0 N–H and O–H groups in total. The van der Waals surface area contributed by atoms with E-state index < -0.39 is 0 Å². The molecule has 0 unspecified atom stereocenters. The third-order valence-electron chi connectivity index (χ3n) is 4.27. The third-order valence-corrected chi connectivity index (χ3v) is 4.27. The van der Waals surface area contributed by atoms with Crippen molar-refractivity contribution in [2.75, 3.05) is 32.1 Å². The van der Waals surface area contributed by atoms with Crippen LogP contribution in [0.25, 0.3) is 0 Å². The molecule has 118 valence electrons. The van der Waals surface area contributed by atoms with Crippen molar-refractivity contribution in [2.45, 2.75) is 32.2 Å².